The second-order valence-electron chi connectivity index (χ2n) is 5.52. The molecular weight excluding hydrogens is 365 g/mol. The van der Waals surface area contributed by atoms with Crippen molar-refractivity contribution in [1.82, 2.24) is 4.90 Å². The molecule has 1 amide bonds. The Bertz CT molecular complexity index is 792. The van der Waals surface area contributed by atoms with Crippen LogP contribution in [-0.4, -0.2) is 28.9 Å². The number of Topliss-reactive ketones (excluding diaryl/α,β-unsaturated/α-hetero) is 1. The Balaban J connectivity index is 1.87. The second kappa shape index (κ2) is 7.18. The molecule has 1 heterocycles. The van der Waals surface area contributed by atoms with Crippen LogP contribution in [0.4, 0.5) is 0 Å². The third kappa shape index (κ3) is 3.46. The lowest BCUT2D eigenvalue weighted by Gasteiger charge is -2.25. The van der Waals surface area contributed by atoms with E-state index >= 15 is 0 Å². The third-order valence-electron chi connectivity index (χ3n) is 3.92. The van der Waals surface area contributed by atoms with Gasteiger partial charge in [-0.2, -0.15) is 0 Å². The smallest absolute Gasteiger partial charge is 0.255 e. The summed E-state index contributed by atoms with van der Waals surface area (Å²) in [5.41, 5.74) is 2.05. The van der Waals surface area contributed by atoms with Crippen molar-refractivity contribution in [3.05, 3.63) is 69.2 Å². The molecule has 1 atom stereocenters. The summed E-state index contributed by atoms with van der Waals surface area (Å²) < 4.78 is 0. The van der Waals surface area contributed by atoms with E-state index in [-0.39, 0.29) is 17.1 Å². The molecular formula is C18H15Cl2NO2S. The first-order chi connectivity index (χ1) is 11.5. The molecule has 1 aliphatic rings. The molecule has 0 saturated carbocycles. The maximum atomic E-state index is 12.8. The first-order valence-corrected chi connectivity index (χ1v) is 9.26. The van der Waals surface area contributed by atoms with Crippen molar-refractivity contribution >= 4 is 46.7 Å². The normalized spacial score (nSPS) is 17.1. The van der Waals surface area contributed by atoms with Crippen molar-refractivity contribution in [3.63, 3.8) is 0 Å². The van der Waals surface area contributed by atoms with Crippen molar-refractivity contribution in [3.8, 4) is 0 Å². The molecule has 0 aromatic heterocycles. The van der Waals surface area contributed by atoms with E-state index in [1.54, 1.807) is 48.2 Å². The molecule has 1 saturated heterocycles. The van der Waals surface area contributed by atoms with E-state index in [0.717, 1.165) is 11.3 Å². The Morgan fingerprint density at radius 3 is 2.38 bits per heavy atom. The lowest BCUT2D eigenvalue weighted by Crippen LogP contribution is -2.30. The molecule has 24 heavy (non-hydrogen) atoms. The average molecular weight is 380 g/mol. The second-order valence-corrected chi connectivity index (χ2v) is 7.55. The lowest BCUT2D eigenvalue weighted by molar-refractivity contribution is 0.0760. The summed E-state index contributed by atoms with van der Waals surface area (Å²) in [7, 11) is 0. The number of ketones is 1. The summed E-state index contributed by atoms with van der Waals surface area (Å²) >= 11 is 13.9. The van der Waals surface area contributed by atoms with Crippen LogP contribution in [0, 0.1) is 0 Å². The molecule has 1 aliphatic heterocycles. The molecule has 2 aromatic carbocycles. The number of nitrogens with zero attached hydrogens (tertiary/aromatic N) is 1. The van der Waals surface area contributed by atoms with Crippen molar-refractivity contribution in [2.24, 2.45) is 0 Å². The number of hydrogen-bond acceptors (Lipinski definition) is 3. The maximum Gasteiger partial charge on any atom is 0.255 e. The van der Waals surface area contributed by atoms with Crippen molar-refractivity contribution in [2.45, 2.75) is 12.3 Å². The zero-order valence-corrected chi connectivity index (χ0v) is 15.3. The SMILES string of the molecule is CC(=O)c1ccc(C(=O)N2CCSC2c2ccc(Cl)cc2Cl)cc1. The minimum absolute atomic E-state index is 0.0171. The molecule has 0 N–H and O–H groups in total. The first kappa shape index (κ1) is 17.3. The molecule has 1 unspecified atom stereocenters. The highest BCUT2D eigenvalue weighted by Gasteiger charge is 2.32. The van der Waals surface area contributed by atoms with Crippen LogP contribution < -0.4 is 0 Å². The fourth-order valence-corrected chi connectivity index (χ4v) is 4.52. The van der Waals surface area contributed by atoms with Gasteiger partial charge < -0.3 is 4.90 Å². The van der Waals surface area contributed by atoms with E-state index in [1.165, 1.54) is 6.92 Å². The highest BCUT2D eigenvalue weighted by atomic mass is 35.5. The topological polar surface area (TPSA) is 37.4 Å². The minimum atomic E-state index is -0.130. The Morgan fingerprint density at radius 1 is 1.08 bits per heavy atom. The average Bonchev–Trinajstić information content (AvgIpc) is 3.03. The largest absolute Gasteiger partial charge is 0.322 e. The Morgan fingerprint density at radius 2 is 1.75 bits per heavy atom. The summed E-state index contributed by atoms with van der Waals surface area (Å²) in [5.74, 6) is 0.767. The van der Waals surface area contributed by atoms with Gasteiger partial charge in [-0.3, -0.25) is 9.59 Å². The monoisotopic (exact) mass is 379 g/mol. The molecule has 0 radical (unpaired) electrons. The summed E-state index contributed by atoms with van der Waals surface area (Å²) in [6.45, 7) is 2.16. The number of thioether (sulfide) groups is 1. The van der Waals surface area contributed by atoms with Gasteiger partial charge in [0, 0.05) is 39.0 Å². The van der Waals surface area contributed by atoms with Gasteiger partial charge in [-0.25, -0.2) is 0 Å². The van der Waals surface area contributed by atoms with Gasteiger partial charge in [0.05, 0.1) is 0 Å². The van der Waals surface area contributed by atoms with E-state index in [4.69, 9.17) is 23.2 Å². The third-order valence-corrected chi connectivity index (χ3v) is 5.72. The van der Waals surface area contributed by atoms with Crippen LogP contribution in [0.15, 0.2) is 42.5 Å². The highest BCUT2D eigenvalue weighted by Crippen LogP contribution is 2.42. The zero-order valence-electron chi connectivity index (χ0n) is 13.0. The van der Waals surface area contributed by atoms with Crippen LogP contribution in [0.25, 0.3) is 0 Å². The number of carbonyl (C=O) groups is 2. The molecule has 3 rings (SSSR count). The van der Waals surface area contributed by atoms with Crippen molar-refractivity contribution < 1.29 is 9.59 Å². The van der Waals surface area contributed by atoms with Gasteiger partial charge in [-0.05, 0) is 31.2 Å². The van der Waals surface area contributed by atoms with E-state index in [1.807, 2.05) is 11.0 Å². The Labute approximate surface area is 154 Å². The quantitative estimate of drug-likeness (QED) is 0.697. The summed E-state index contributed by atoms with van der Waals surface area (Å²) in [5, 5.41) is 1.01. The zero-order chi connectivity index (χ0) is 17.3. The molecule has 0 spiro atoms. The van der Waals surface area contributed by atoms with Gasteiger partial charge in [-0.15, -0.1) is 11.8 Å². The van der Waals surface area contributed by atoms with Gasteiger partial charge >= 0.3 is 0 Å². The van der Waals surface area contributed by atoms with Gasteiger partial charge in [0.25, 0.3) is 5.91 Å². The predicted molar refractivity (Wildman–Crippen MR) is 99.1 cm³/mol. The van der Waals surface area contributed by atoms with E-state index in [9.17, 15) is 9.59 Å². The lowest BCUT2D eigenvalue weighted by atomic mass is 10.1. The van der Waals surface area contributed by atoms with Gasteiger partial charge in [0.2, 0.25) is 0 Å². The van der Waals surface area contributed by atoms with E-state index < -0.39 is 0 Å². The van der Waals surface area contributed by atoms with Gasteiger partial charge in [0.1, 0.15) is 5.37 Å². The first-order valence-electron chi connectivity index (χ1n) is 7.46. The fraction of sp³-hybridized carbons (Fsp3) is 0.222. The van der Waals surface area contributed by atoms with Crippen molar-refractivity contribution in [1.29, 1.82) is 0 Å². The van der Waals surface area contributed by atoms with E-state index in [2.05, 4.69) is 0 Å². The maximum absolute atomic E-state index is 12.8. The van der Waals surface area contributed by atoms with Crippen LogP contribution in [0.3, 0.4) is 0 Å². The van der Waals surface area contributed by atoms with Crippen LogP contribution in [0.1, 0.15) is 38.6 Å². The van der Waals surface area contributed by atoms with Crippen LogP contribution in [0.5, 0.6) is 0 Å². The molecule has 0 bridgehead atoms. The molecule has 3 nitrogen and oxygen atoms in total. The summed E-state index contributed by atoms with van der Waals surface area (Å²) in [4.78, 5) is 26.0. The highest BCUT2D eigenvalue weighted by molar-refractivity contribution is 7.99. The molecule has 124 valence electrons. The number of rotatable bonds is 3. The Hall–Kier alpha value is -1.49. The Kier molecular flexibility index (Phi) is 5.18. The molecule has 6 heteroatoms. The predicted octanol–water partition coefficient (Wildman–Crippen LogP) is 5.08. The molecule has 2 aromatic rings. The van der Waals surface area contributed by atoms with Crippen LogP contribution in [-0.2, 0) is 0 Å². The van der Waals surface area contributed by atoms with Crippen LogP contribution in [0.2, 0.25) is 10.0 Å². The molecule has 1 fully saturated rings. The summed E-state index contributed by atoms with van der Waals surface area (Å²) in [6.07, 6.45) is 0. The number of amides is 1. The van der Waals surface area contributed by atoms with E-state index in [0.29, 0.717) is 27.7 Å². The van der Waals surface area contributed by atoms with Crippen LogP contribution >= 0.6 is 35.0 Å². The van der Waals surface area contributed by atoms with Gasteiger partial charge in [-0.1, -0.05) is 41.4 Å². The number of carbonyl (C=O) groups excluding carboxylic acids is 2. The molecule has 0 aliphatic carbocycles. The fourth-order valence-electron chi connectivity index (χ4n) is 2.65. The number of halogens is 2. The number of hydrogen-bond donors (Lipinski definition) is 0. The number of benzene rings is 2. The summed E-state index contributed by atoms with van der Waals surface area (Å²) in [6, 6.07) is 12.1. The minimum Gasteiger partial charge on any atom is -0.322 e. The standard InChI is InChI=1S/C18H15Cl2NO2S/c1-11(22)12-2-4-13(5-3-12)17(23)21-8-9-24-18(21)15-7-6-14(19)10-16(15)20/h2-7,10,18H,8-9H2,1H3. The van der Waals surface area contributed by atoms with Gasteiger partial charge in [0.15, 0.2) is 5.78 Å². The van der Waals surface area contributed by atoms with Crippen molar-refractivity contribution in [2.75, 3.05) is 12.3 Å².